The Morgan fingerprint density at radius 1 is 1.00 bits per heavy atom. The average molecular weight is 227 g/mol. The molecule has 17 heavy (non-hydrogen) atoms. The van der Waals surface area contributed by atoms with E-state index in [4.69, 9.17) is 4.74 Å². The first-order chi connectivity index (χ1) is 8.29. The van der Waals surface area contributed by atoms with Crippen LogP contribution in [0.4, 0.5) is 5.69 Å². The molecule has 0 heterocycles. The lowest BCUT2D eigenvalue weighted by Crippen LogP contribution is -2.06. The molecule has 2 aromatic carbocycles. The molecule has 0 aromatic heterocycles. The van der Waals surface area contributed by atoms with Gasteiger partial charge in [0.2, 0.25) is 0 Å². The van der Waals surface area contributed by atoms with E-state index >= 15 is 0 Å². The van der Waals surface area contributed by atoms with E-state index in [1.54, 1.807) is 7.11 Å². The van der Waals surface area contributed by atoms with Crippen LogP contribution < -0.4 is 10.1 Å². The standard InChI is InChI=1S/C15H17NO/c1-12(16-14-8-4-3-5-9-14)13-7-6-10-15(11-13)17-2/h3-12,16H,1-2H3. The number of rotatable bonds is 4. The summed E-state index contributed by atoms with van der Waals surface area (Å²) in [6.45, 7) is 2.14. The first-order valence-corrected chi connectivity index (χ1v) is 5.75. The molecule has 0 aliphatic heterocycles. The van der Waals surface area contributed by atoms with E-state index in [-0.39, 0.29) is 6.04 Å². The highest BCUT2D eigenvalue weighted by Crippen LogP contribution is 2.22. The topological polar surface area (TPSA) is 21.3 Å². The third-order valence-corrected chi connectivity index (χ3v) is 2.75. The van der Waals surface area contributed by atoms with Gasteiger partial charge in [0.25, 0.3) is 0 Å². The second-order valence-corrected chi connectivity index (χ2v) is 4.01. The number of para-hydroxylation sites is 1. The molecule has 2 aromatic rings. The van der Waals surface area contributed by atoms with Crippen molar-refractivity contribution in [3.8, 4) is 5.75 Å². The summed E-state index contributed by atoms with van der Waals surface area (Å²) in [5, 5.41) is 3.45. The van der Waals surface area contributed by atoms with Gasteiger partial charge in [-0.25, -0.2) is 0 Å². The first-order valence-electron chi connectivity index (χ1n) is 5.75. The van der Waals surface area contributed by atoms with Gasteiger partial charge in [-0.05, 0) is 36.8 Å². The van der Waals surface area contributed by atoms with Crippen LogP contribution in [0.2, 0.25) is 0 Å². The fraction of sp³-hybridized carbons (Fsp3) is 0.200. The highest BCUT2D eigenvalue weighted by Gasteiger charge is 2.05. The molecule has 1 unspecified atom stereocenters. The molecule has 0 radical (unpaired) electrons. The van der Waals surface area contributed by atoms with Crippen LogP contribution in [-0.4, -0.2) is 7.11 Å². The van der Waals surface area contributed by atoms with E-state index in [2.05, 4.69) is 36.5 Å². The maximum atomic E-state index is 5.23. The SMILES string of the molecule is COc1cccc(C(C)Nc2ccccc2)c1. The molecule has 0 amide bonds. The van der Waals surface area contributed by atoms with Gasteiger partial charge in [-0.2, -0.15) is 0 Å². The van der Waals surface area contributed by atoms with Gasteiger partial charge < -0.3 is 10.1 Å². The van der Waals surface area contributed by atoms with Crippen LogP contribution in [-0.2, 0) is 0 Å². The maximum Gasteiger partial charge on any atom is 0.119 e. The molecule has 1 atom stereocenters. The number of hydrogen-bond donors (Lipinski definition) is 1. The van der Waals surface area contributed by atoms with Crippen molar-refractivity contribution in [1.29, 1.82) is 0 Å². The highest BCUT2D eigenvalue weighted by molar-refractivity contribution is 5.45. The Labute approximate surface area is 102 Å². The van der Waals surface area contributed by atoms with Gasteiger partial charge in [-0.1, -0.05) is 30.3 Å². The largest absolute Gasteiger partial charge is 0.497 e. The van der Waals surface area contributed by atoms with Gasteiger partial charge >= 0.3 is 0 Å². The molecule has 0 bridgehead atoms. The van der Waals surface area contributed by atoms with Crippen molar-refractivity contribution in [3.05, 3.63) is 60.2 Å². The van der Waals surface area contributed by atoms with Gasteiger partial charge in [-0.3, -0.25) is 0 Å². The van der Waals surface area contributed by atoms with Crippen LogP contribution >= 0.6 is 0 Å². The van der Waals surface area contributed by atoms with E-state index < -0.39 is 0 Å². The fourth-order valence-corrected chi connectivity index (χ4v) is 1.78. The van der Waals surface area contributed by atoms with E-state index in [1.165, 1.54) is 5.56 Å². The van der Waals surface area contributed by atoms with Gasteiger partial charge in [0, 0.05) is 11.7 Å². The van der Waals surface area contributed by atoms with Crippen LogP contribution in [0.25, 0.3) is 0 Å². The average Bonchev–Trinajstić information content (AvgIpc) is 2.40. The van der Waals surface area contributed by atoms with Crippen LogP contribution in [0.15, 0.2) is 54.6 Å². The van der Waals surface area contributed by atoms with Crippen molar-refractivity contribution in [1.82, 2.24) is 0 Å². The van der Waals surface area contributed by atoms with Crippen LogP contribution in [0.5, 0.6) is 5.75 Å². The van der Waals surface area contributed by atoms with Gasteiger partial charge in [0.15, 0.2) is 0 Å². The number of methoxy groups -OCH3 is 1. The quantitative estimate of drug-likeness (QED) is 0.856. The minimum absolute atomic E-state index is 0.257. The van der Waals surface area contributed by atoms with Crippen molar-refractivity contribution < 1.29 is 4.74 Å². The number of hydrogen-bond acceptors (Lipinski definition) is 2. The predicted molar refractivity (Wildman–Crippen MR) is 71.5 cm³/mol. The fourth-order valence-electron chi connectivity index (χ4n) is 1.78. The monoisotopic (exact) mass is 227 g/mol. The molecule has 2 nitrogen and oxygen atoms in total. The summed E-state index contributed by atoms with van der Waals surface area (Å²) < 4.78 is 5.23. The Morgan fingerprint density at radius 2 is 1.76 bits per heavy atom. The van der Waals surface area contributed by atoms with Gasteiger partial charge in [0.1, 0.15) is 5.75 Å². The minimum Gasteiger partial charge on any atom is -0.497 e. The van der Waals surface area contributed by atoms with Gasteiger partial charge in [-0.15, -0.1) is 0 Å². The summed E-state index contributed by atoms with van der Waals surface area (Å²) in [5.41, 5.74) is 2.34. The van der Waals surface area contributed by atoms with Crippen LogP contribution in [0.3, 0.4) is 0 Å². The van der Waals surface area contributed by atoms with Crippen LogP contribution in [0, 0.1) is 0 Å². The molecule has 0 aliphatic rings. The molecule has 0 spiro atoms. The molecule has 88 valence electrons. The number of nitrogens with one attached hydrogen (secondary N) is 1. The van der Waals surface area contributed by atoms with E-state index in [0.717, 1.165) is 11.4 Å². The van der Waals surface area contributed by atoms with E-state index in [9.17, 15) is 0 Å². The Hall–Kier alpha value is -1.96. The predicted octanol–water partition coefficient (Wildman–Crippen LogP) is 3.87. The maximum absolute atomic E-state index is 5.23. The molecule has 2 heteroatoms. The number of ether oxygens (including phenoxy) is 1. The Balaban J connectivity index is 2.11. The van der Waals surface area contributed by atoms with E-state index in [1.807, 2.05) is 30.3 Å². The van der Waals surface area contributed by atoms with Crippen molar-refractivity contribution in [3.63, 3.8) is 0 Å². The van der Waals surface area contributed by atoms with Crippen molar-refractivity contribution in [2.75, 3.05) is 12.4 Å². The summed E-state index contributed by atoms with van der Waals surface area (Å²) in [7, 11) is 1.69. The first kappa shape index (κ1) is 11.5. The molecule has 2 rings (SSSR count). The number of benzene rings is 2. The number of anilines is 1. The summed E-state index contributed by atoms with van der Waals surface area (Å²) in [4.78, 5) is 0. The van der Waals surface area contributed by atoms with Crippen LogP contribution in [0.1, 0.15) is 18.5 Å². The van der Waals surface area contributed by atoms with Crippen molar-refractivity contribution in [2.24, 2.45) is 0 Å². The van der Waals surface area contributed by atoms with Crippen molar-refractivity contribution in [2.45, 2.75) is 13.0 Å². The Morgan fingerprint density at radius 3 is 2.47 bits per heavy atom. The van der Waals surface area contributed by atoms with Gasteiger partial charge in [0.05, 0.1) is 7.11 Å². The second-order valence-electron chi connectivity index (χ2n) is 4.01. The molecule has 0 saturated carbocycles. The molecule has 1 N–H and O–H groups in total. The third kappa shape index (κ3) is 3.00. The summed E-state index contributed by atoms with van der Waals surface area (Å²) in [6.07, 6.45) is 0. The zero-order valence-electron chi connectivity index (χ0n) is 10.2. The summed E-state index contributed by atoms with van der Waals surface area (Å²) >= 11 is 0. The zero-order chi connectivity index (χ0) is 12.1. The molecule has 0 aliphatic carbocycles. The normalized spacial score (nSPS) is 11.9. The Bertz CT molecular complexity index is 467. The lowest BCUT2D eigenvalue weighted by atomic mass is 10.1. The van der Waals surface area contributed by atoms with E-state index in [0.29, 0.717) is 0 Å². The smallest absolute Gasteiger partial charge is 0.119 e. The third-order valence-electron chi connectivity index (χ3n) is 2.75. The molecular formula is C15H17NO. The zero-order valence-corrected chi connectivity index (χ0v) is 10.2. The molecule has 0 saturated heterocycles. The Kier molecular flexibility index (Phi) is 3.66. The lowest BCUT2D eigenvalue weighted by molar-refractivity contribution is 0.414. The highest BCUT2D eigenvalue weighted by atomic mass is 16.5. The lowest BCUT2D eigenvalue weighted by Gasteiger charge is -2.16. The molecular weight excluding hydrogens is 210 g/mol. The minimum atomic E-state index is 0.257. The summed E-state index contributed by atoms with van der Waals surface area (Å²) in [5.74, 6) is 0.893. The summed E-state index contributed by atoms with van der Waals surface area (Å²) in [6, 6.07) is 18.6. The molecule has 0 fully saturated rings. The van der Waals surface area contributed by atoms with Crippen molar-refractivity contribution >= 4 is 5.69 Å². The second kappa shape index (κ2) is 5.39.